The Bertz CT molecular complexity index is 1920. The number of allylic oxidation sites excluding steroid dienone is 1. The topological polar surface area (TPSA) is 72.5 Å². The van der Waals surface area contributed by atoms with E-state index in [9.17, 15) is 4.79 Å². The van der Waals surface area contributed by atoms with Gasteiger partial charge in [-0.3, -0.25) is 4.79 Å². The van der Waals surface area contributed by atoms with Gasteiger partial charge in [0.25, 0.3) is 0 Å². The highest BCUT2D eigenvalue weighted by molar-refractivity contribution is 5.99. The lowest BCUT2D eigenvalue weighted by molar-refractivity contribution is -0.141. The number of carbonyl (C=O) groups is 1. The molecule has 1 aliphatic rings. The number of Topliss-reactive ketones (excluding diaryl/α,β-unsaturated/α-hetero) is 1. The molecule has 262 valence electrons. The van der Waals surface area contributed by atoms with Gasteiger partial charge in [-0.05, 0) is 96.1 Å². The van der Waals surface area contributed by atoms with Gasteiger partial charge in [0.05, 0.1) is 13.7 Å². The predicted octanol–water partition coefficient (Wildman–Crippen LogP) is 9.44. The van der Waals surface area contributed by atoms with Crippen LogP contribution >= 0.6 is 0 Å². The van der Waals surface area contributed by atoms with E-state index >= 15 is 0 Å². The first-order chi connectivity index (χ1) is 24.8. The van der Waals surface area contributed by atoms with Crippen molar-refractivity contribution in [3.63, 3.8) is 0 Å². The van der Waals surface area contributed by atoms with E-state index in [0.717, 1.165) is 40.0 Å². The molecule has 0 radical (unpaired) electrons. The summed E-state index contributed by atoms with van der Waals surface area (Å²) in [5.74, 6) is 1.68. The van der Waals surface area contributed by atoms with Crippen LogP contribution < -0.4 is 18.9 Å². The van der Waals surface area contributed by atoms with E-state index in [0.29, 0.717) is 42.6 Å². The summed E-state index contributed by atoms with van der Waals surface area (Å²) in [4.78, 5) is 13.1. The molecule has 7 nitrogen and oxygen atoms in total. The molecule has 51 heavy (non-hydrogen) atoms. The van der Waals surface area contributed by atoms with Gasteiger partial charge >= 0.3 is 0 Å². The van der Waals surface area contributed by atoms with Gasteiger partial charge in [0, 0.05) is 5.56 Å². The van der Waals surface area contributed by atoms with Crippen molar-refractivity contribution in [3.8, 4) is 23.0 Å². The number of rotatable bonds is 15. The van der Waals surface area contributed by atoms with Crippen LogP contribution in [0.5, 0.6) is 23.0 Å². The average Bonchev–Trinajstić information content (AvgIpc) is 3.53. The highest BCUT2D eigenvalue weighted by Gasteiger charge is 2.33. The van der Waals surface area contributed by atoms with E-state index in [1.54, 1.807) is 25.3 Å². The number of methoxy groups -OCH3 is 1. The summed E-state index contributed by atoms with van der Waals surface area (Å²) < 4.78 is 35.1. The van der Waals surface area contributed by atoms with Gasteiger partial charge in [-0.1, -0.05) is 91.9 Å². The molecule has 1 aliphatic heterocycles. The van der Waals surface area contributed by atoms with E-state index in [1.807, 2.05) is 86.6 Å². The van der Waals surface area contributed by atoms with Gasteiger partial charge < -0.3 is 28.4 Å². The first-order valence-electron chi connectivity index (χ1n) is 17.3. The first kappa shape index (κ1) is 35.5. The maximum Gasteiger partial charge on any atom is 0.200 e. The van der Waals surface area contributed by atoms with Crippen LogP contribution in [0.25, 0.3) is 11.1 Å². The summed E-state index contributed by atoms with van der Waals surface area (Å²) in [5, 5.41) is 0. The second-order valence-corrected chi connectivity index (χ2v) is 12.7. The van der Waals surface area contributed by atoms with Crippen molar-refractivity contribution >= 4 is 16.9 Å². The van der Waals surface area contributed by atoms with Crippen molar-refractivity contribution in [1.82, 2.24) is 0 Å². The minimum atomic E-state index is -0.582. The second-order valence-electron chi connectivity index (χ2n) is 12.7. The monoisotopic (exact) mass is 684 g/mol. The van der Waals surface area contributed by atoms with Crippen molar-refractivity contribution < 1.29 is 33.2 Å². The Labute approximate surface area is 300 Å². The number of ketones is 1. The fraction of sp³-hybridized carbons (Fsp3) is 0.250. The number of hydrogen-bond acceptors (Lipinski definition) is 7. The third-order valence-electron chi connectivity index (χ3n) is 8.66. The average molecular weight is 685 g/mol. The molecule has 0 amide bonds. The van der Waals surface area contributed by atoms with Gasteiger partial charge in [-0.2, -0.15) is 0 Å². The van der Waals surface area contributed by atoms with E-state index < -0.39 is 5.79 Å². The third kappa shape index (κ3) is 9.25. The highest BCUT2D eigenvalue weighted by atomic mass is 16.7. The van der Waals surface area contributed by atoms with Crippen molar-refractivity contribution in [2.45, 2.75) is 45.7 Å². The van der Waals surface area contributed by atoms with E-state index in [2.05, 4.69) is 43.3 Å². The molecular weight excluding hydrogens is 640 g/mol. The lowest BCUT2D eigenvalue weighted by atomic mass is 9.88. The molecule has 1 atom stereocenters. The minimum absolute atomic E-state index is 0.107. The number of ether oxygens (including phenoxy) is 6. The van der Waals surface area contributed by atoms with Crippen LogP contribution in [-0.4, -0.2) is 44.6 Å². The fourth-order valence-electron chi connectivity index (χ4n) is 6.08. The van der Waals surface area contributed by atoms with E-state index in [4.69, 9.17) is 28.4 Å². The Morgan fingerprint density at radius 3 is 1.90 bits per heavy atom. The lowest BCUT2D eigenvalue weighted by Gasteiger charge is -2.18. The maximum absolute atomic E-state index is 13.1. The van der Waals surface area contributed by atoms with Crippen LogP contribution in [0, 0.1) is 0 Å². The quantitative estimate of drug-likeness (QED) is 0.0804. The fourth-order valence-corrected chi connectivity index (χ4v) is 6.08. The summed E-state index contributed by atoms with van der Waals surface area (Å²) in [6.45, 7) is 7.20. The molecule has 0 N–H and O–H groups in total. The van der Waals surface area contributed by atoms with Crippen LogP contribution in [0.1, 0.15) is 59.8 Å². The molecule has 0 bridgehead atoms. The van der Waals surface area contributed by atoms with Crippen molar-refractivity contribution in [1.29, 1.82) is 0 Å². The van der Waals surface area contributed by atoms with Crippen molar-refractivity contribution in [3.05, 3.63) is 155 Å². The van der Waals surface area contributed by atoms with E-state index in [1.165, 1.54) is 5.57 Å². The van der Waals surface area contributed by atoms with Gasteiger partial charge in [-0.15, -0.1) is 0 Å². The third-order valence-corrected chi connectivity index (χ3v) is 8.66. The van der Waals surface area contributed by atoms with Crippen LogP contribution in [-0.2, 0) is 16.1 Å². The van der Waals surface area contributed by atoms with Crippen LogP contribution in [0.2, 0.25) is 0 Å². The summed E-state index contributed by atoms with van der Waals surface area (Å²) in [6, 6.07) is 41.6. The SMILES string of the molecule is CCC(=C(c1ccc(OCC(=O)c2ccc(OCc3ccccc3)c(OC)c2)cc1)c1ccc(OCC2COC(C)(C)O2)cc1)c1ccccc1. The van der Waals surface area contributed by atoms with Crippen molar-refractivity contribution in [2.75, 3.05) is 26.9 Å². The molecule has 0 saturated carbocycles. The molecule has 0 spiro atoms. The molecular formula is C44H44O7. The van der Waals surface area contributed by atoms with E-state index in [-0.39, 0.29) is 18.5 Å². The van der Waals surface area contributed by atoms with Gasteiger partial charge in [-0.25, -0.2) is 0 Å². The van der Waals surface area contributed by atoms with Crippen LogP contribution in [0.3, 0.4) is 0 Å². The summed E-state index contributed by atoms with van der Waals surface area (Å²) in [5.41, 5.74) is 7.13. The van der Waals surface area contributed by atoms with Gasteiger partial charge in [0.2, 0.25) is 0 Å². The smallest absolute Gasteiger partial charge is 0.200 e. The zero-order chi connectivity index (χ0) is 35.6. The zero-order valence-electron chi connectivity index (χ0n) is 29.6. The molecule has 6 rings (SSSR count). The standard InChI is InChI=1S/C44H44O7/c1-5-39(32-14-10-7-11-15-32)43(33-16-21-36(22-17-33)47-28-38-29-50-44(2,3)51-38)34-18-23-37(24-19-34)48-30-40(45)35-20-25-41(42(26-35)46-4)49-27-31-12-8-6-9-13-31/h6-26,38H,5,27-30H2,1-4H3. The predicted molar refractivity (Wildman–Crippen MR) is 200 cm³/mol. The molecule has 1 heterocycles. The molecule has 5 aromatic rings. The zero-order valence-corrected chi connectivity index (χ0v) is 29.6. The molecule has 1 unspecified atom stereocenters. The summed E-state index contributed by atoms with van der Waals surface area (Å²) >= 11 is 0. The molecule has 1 saturated heterocycles. The summed E-state index contributed by atoms with van der Waals surface area (Å²) in [6.07, 6.45) is 0.725. The summed E-state index contributed by atoms with van der Waals surface area (Å²) in [7, 11) is 1.56. The highest BCUT2D eigenvalue weighted by Crippen LogP contribution is 2.36. The Balaban J connectivity index is 1.15. The molecule has 0 aliphatic carbocycles. The molecule has 7 heteroatoms. The largest absolute Gasteiger partial charge is 0.493 e. The molecule has 0 aromatic heterocycles. The second kappa shape index (κ2) is 16.6. The first-order valence-corrected chi connectivity index (χ1v) is 17.3. The van der Waals surface area contributed by atoms with Crippen LogP contribution in [0.4, 0.5) is 0 Å². The Morgan fingerprint density at radius 1 is 0.706 bits per heavy atom. The van der Waals surface area contributed by atoms with Crippen LogP contribution in [0.15, 0.2) is 127 Å². The van der Waals surface area contributed by atoms with Crippen molar-refractivity contribution in [2.24, 2.45) is 0 Å². The Morgan fingerprint density at radius 2 is 1.31 bits per heavy atom. The number of benzene rings is 5. The number of hydrogen-bond donors (Lipinski definition) is 0. The Kier molecular flexibility index (Phi) is 11.5. The maximum atomic E-state index is 13.1. The number of carbonyl (C=O) groups excluding carboxylic acids is 1. The van der Waals surface area contributed by atoms with Gasteiger partial charge in [0.15, 0.2) is 29.7 Å². The minimum Gasteiger partial charge on any atom is -0.493 e. The normalized spacial score (nSPS) is 15.5. The molecule has 5 aromatic carbocycles. The Hall–Kier alpha value is -5.37. The lowest BCUT2D eigenvalue weighted by Crippen LogP contribution is -2.25. The molecule has 1 fully saturated rings. The van der Waals surface area contributed by atoms with Gasteiger partial charge in [0.1, 0.15) is 30.8 Å².